The van der Waals surface area contributed by atoms with E-state index in [2.05, 4.69) is 15.8 Å². The Morgan fingerprint density at radius 1 is 1.20 bits per heavy atom. The van der Waals surface area contributed by atoms with Crippen LogP contribution in [0.5, 0.6) is 5.75 Å². The fourth-order valence-corrected chi connectivity index (χ4v) is 2.64. The Balaban J connectivity index is 1.96. The summed E-state index contributed by atoms with van der Waals surface area (Å²) in [5.74, 6) is -0.263. The average molecular weight is 384 g/mol. The lowest BCUT2D eigenvalue weighted by Gasteiger charge is -2.09. The summed E-state index contributed by atoms with van der Waals surface area (Å²) < 4.78 is 18.6. The molecule has 0 spiro atoms. The summed E-state index contributed by atoms with van der Waals surface area (Å²) in [5.41, 5.74) is 3.67. The summed E-state index contributed by atoms with van der Waals surface area (Å²) >= 11 is 11.9. The predicted octanol–water partition coefficient (Wildman–Crippen LogP) is 4.09. The van der Waals surface area contributed by atoms with Crippen molar-refractivity contribution in [2.45, 2.75) is 6.92 Å². The van der Waals surface area contributed by atoms with Gasteiger partial charge >= 0.3 is 0 Å². The van der Waals surface area contributed by atoms with Gasteiger partial charge in [-0.2, -0.15) is 5.10 Å². The smallest absolute Gasteiger partial charge is 0.259 e. The Bertz CT molecular complexity index is 795. The number of amides is 1. The van der Waals surface area contributed by atoms with Crippen LogP contribution in [0.2, 0.25) is 10.0 Å². The lowest BCUT2D eigenvalue weighted by molar-refractivity contribution is -0.119. The second kappa shape index (κ2) is 8.69. The van der Waals surface area contributed by atoms with Crippen LogP contribution in [0.3, 0.4) is 0 Å². The molecule has 1 amide bonds. The molecule has 0 radical (unpaired) electrons. The summed E-state index contributed by atoms with van der Waals surface area (Å²) in [6.07, 6.45) is 0. The monoisotopic (exact) mass is 383 g/mol. The maximum absolute atomic E-state index is 13.5. The number of carbonyl (C=O) groups excluding carboxylic acids is 1. The van der Waals surface area contributed by atoms with Crippen molar-refractivity contribution < 1.29 is 13.9 Å². The van der Waals surface area contributed by atoms with Crippen LogP contribution in [0.1, 0.15) is 12.5 Å². The Labute approximate surface area is 154 Å². The molecule has 2 aromatic carbocycles. The maximum atomic E-state index is 13.5. The van der Waals surface area contributed by atoms with Crippen molar-refractivity contribution in [3.63, 3.8) is 0 Å². The molecule has 25 heavy (non-hydrogen) atoms. The van der Waals surface area contributed by atoms with E-state index >= 15 is 0 Å². The van der Waals surface area contributed by atoms with Crippen molar-refractivity contribution in [2.75, 3.05) is 19.0 Å². The molecule has 0 bridgehead atoms. The Morgan fingerprint density at radius 2 is 1.88 bits per heavy atom. The summed E-state index contributed by atoms with van der Waals surface area (Å²) in [5, 5.41) is 6.97. The number of methoxy groups -OCH3 is 1. The van der Waals surface area contributed by atoms with Gasteiger partial charge in [-0.25, -0.2) is 9.82 Å². The summed E-state index contributed by atoms with van der Waals surface area (Å²) in [4.78, 5) is 11.9. The third kappa shape index (κ3) is 5.08. The first kappa shape index (κ1) is 19.0. The molecule has 2 rings (SSSR count). The van der Waals surface area contributed by atoms with Gasteiger partial charge in [-0.3, -0.25) is 4.79 Å². The Hall–Kier alpha value is -2.31. The van der Waals surface area contributed by atoms with Crippen molar-refractivity contribution in [3.05, 3.63) is 57.8 Å². The molecule has 132 valence electrons. The number of benzene rings is 2. The van der Waals surface area contributed by atoms with Crippen molar-refractivity contribution in [1.82, 2.24) is 5.43 Å². The molecule has 0 saturated heterocycles. The van der Waals surface area contributed by atoms with E-state index in [1.54, 1.807) is 38.3 Å². The molecular weight excluding hydrogens is 368 g/mol. The van der Waals surface area contributed by atoms with Crippen LogP contribution in [0.4, 0.5) is 10.1 Å². The summed E-state index contributed by atoms with van der Waals surface area (Å²) in [7, 11) is 1.58. The third-order valence-electron chi connectivity index (χ3n) is 3.30. The van der Waals surface area contributed by atoms with Crippen molar-refractivity contribution in [3.8, 4) is 5.75 Å². The first-order valence-electron chi connectivity index (χ1n) is 7.27. The van der Waals surface area contributed by atoms with Gasteiger partial charge in [0.05, 0.1) is 29.4 Å². The molecule has 0 aliphatic carbocycles. The fourth-order valence-electron chi connectivity index (χ4n) is 1.99. The van der Waals surface area contributed by atoms with Gasteiger partial charge in [-0.15, -0.1) is 0 Å². The predicted molar refractivity (Wildman–Crippen MR) is 98.3 cm³/mol. The molecule has 0 atom stereocenters. The van der Waals surface area contributed by atoms with Crippen LogP contribution in [0, 0.1) is 5.82 Å². The van der Waals surface area contributed by atoms with Gasteiger partial charge in [0.15, 0.2) is 0 Å². The van der Waals surface area contributed by atoms with E-state index in [0.29, 0.717) is 5.71 Å². The normalized spacial score (nSPS) is 11.2. The van der Waals surface area contributed by atoms with E-state index in [0.717, 1.165) is 11.4 Å². The number of nitrogens with zero attached hydrogens (tertiary/aromatic N) is 1. The molecule has 0 unspecified atom stereocenters. The van der Waals surface area contributed by atoms with E-state index < -0.39 is 5.82 Å². The molecule has 0 heterocycles. The lowest BCUT2D eigenvalue weighted by Crippen LogP contribution is -2.26. The quantitative estimate of drug-likeness (QED) is 0.448. The topological polar surface area (TPSA) is 62.7 Å². The highest BCUT2D eigenvalue weighted by Crippen LogP contribution is 2.27. The Morgan fingerprint density at radius 3 is 2.52 bits per heavy atom. The van der Waals surface area contributed by atoms with Gasteiger partial charge in [-0.05, 0) is 43.3 Å². The standard InChI is InChI=1S/C17H16Cl2FN3O2/c1-10(16-13(18)7-8-14(20)17(16)19)22-23-15(24)9-21-11-3-5-12(25-2)6-4-11/h3-8,21H,9H2,1-2H3,(H,23,24)/b22-10-. The van der Waals surface area contributed by atoms with E-state index in [1.807, 2.05) is 0 Å². The summed E-state index contributed by atoms with van der Waals surface area (Å²) in [6, 6.07) is 9.66. The third-order valence-corrected chi connectivity index (χ3v) is 3.98. The van der Waals surface area contributed by atoms with E-state index in [1.165, 1.54) is 12.1 Å². The largest absolute Gasteiger partial charge is 0.497 e. The summed E-state index contributed by atoms with van der Waals surface area (Å²) in [6.45, 7) is 1.58. The molecule has 2 N–H and O–H groups in total. The van der Waals surface area contributed by atoms with Crippen molar-refractivity contribution in [1.29, 1.82) is 0 Å². The van der Waals surface area contributed by atoms with Gasteiger partial charge < -0.3 is 10.1 Å². The number of hydrazone groups is 1. The van der Waals surface area contributed by atoms with Crippen LogP contribution in [0.25, 0.3) is 0 Å². The van der Waals surface area contributed by atoms with Crippen LogP contribution in [-0.4, -0.2) is 25.3 Å². The second-order valence-electron chi connectivity index (χ2n) is 5.03. The van der Waals surface area contributed by atoms with Crippen LogP contribution in [-0.2, 0) is 4.79 Å². The van der Waals surface area contributed by atoms with Gasteiger partial charge in [0.2, 0.25) is 0 Å². The minimum absolute atomic E-state index is 0.00766. The molecule has 0 fully saturated rings. The van der Waals surface area contributed by atoms with Crippen LogP contribution >= 0.6 is 23.2 Å². The Kier molecular flexibility index (Phi) is 6.61. The molecular formula is C17H16Cl2FN3O2. The van der Waals surface area contributed by atoms with Gasteiger partial charge in [0.25, 0.3) is 5.91 Å². The zero-order valence-corrected chi connectivity index (χ0v) is 15.1. The molecule has 2 aromatic rings. The number of hydrogen-bond donors (Lipinski definition) is 2. The number of anilines is 1. The maximum Gasteiger partial charge on any atom is 0.259 e. The number of rotatable bonds is 6. The minimum Gasteiger partial charge on any atom is -0.497 e. The average Bonchev–Trinajstić information content (AvgIpc) is 2.62. The SMILES string of the molecule is COc1ccc(NCC(=O)N/N=C(/C)c2c(Cl)ccc(F)c2Cl)cc1. The number of halogens is 3. The van der Waals surface area contributed by atoms with Crippen molar-refractivity contribution in [2.24, 2.45) is 5.10 Å². The zero-order chi connectivity index (χ0) is 18.4. The zero-order valence-electron chi connectivity index (χ0n) is 13.6. The van der Waals surface area contributed by atoms with Crippen molar-refractivity contribution >= 4 is 40.5 Å². The number of carbonyl (C=O) groups is 1. The highest BCUT2D eigenvalue weighted by atomic mass is 35.5. The minimum atomic E-state index is -0.608. The molecule has 5 nitrogen and oxygen atoms in total. The van der Waals surface area contributed by atoms with Crippen LogP contribution in [0.15, 0.2) is 41.5 Å². The van der Waals surface area contributed by atoms with Gasteiger partial charge in [0, 0.05) is 11.3 Å². The van der Waals surface area contributed by atoms with Crippen LogP contribution < -0.4 is 15.5 Å². The lowest BCUT2D eigenvalue weighted by atomic mass is 10.1. The number of ether oxygens (including phenoxy) is 1. The second-order valence-corrected chi connectivity index (χ2v) is 5.82. The first-order valence-corrected chi connectivity index (χ1v) is 8.03. The van der Waals surface area contributed by atoms with E-state index in [-0.39, 0.29) is 28.1 Å². The fraction of sp³-hybridized carbons (Fsp3) is 0.176. The molecule has 8 heteroatoms. The van der Waals surface area contributed by atoms with E-state index in [9.17, 15) is 9.18 Å². The van der Waals surface area contributed by atoms with Gasteiger partial charge in [-0.1, -0.05) is 23.2 Å². The molecule has 0 aliphatic rings. The van der Waals surface area contributed by atoms with Gasteiger partial charge in [0.1, 0.15) is 11.6 Å². The molecule has 0 aliphatic heterocycles. The number of hydrogen-bond acceptors (Lipinski definition) is 4. The first-order chi connectivity index (χ1) is 11.9. The van der Waals surface area contributed by atoms with E-state index in [4.69, 9.17) is 27.9 Å². The number of nitrogens with one attached hydrogen (secondary N) is 2. The molecule has 0 saturated carbocycles. The molecule has 0 aromatic heterocycles. The highest BCUT2D eigenvalue weighted by molar-refractivity contribution is 6.40. The highest BCUT2D eigenvalue weighted by Gasteiger charge is 2.13.